The molecule has 0 bridgehead atoms. The van der Waals surface area contributed by atoms with Crippen LogP contribution in [0, 0.1) is 17.0 Å². The normalized spacial score (nSPS) is 10.7. The Balaban J connectivity index is 1.71. The quantitative estimate of drug-likeness (QED) is 0.391. The van der Waals surface area contributed by atoms with Crippen LogP contribution in [0.2, 0.25) is 0 Å². The lowest BCUT2D eigenvalue weighted by Gasteiger charge is -2.08. The van der Waals surface area contributed by atoms with E-state index in [0.29, 0.717) is 10.9 Å². The van der Waals surface area contributed by atoms with Crippen molar-refractivity contribution in [3.63, 3.8) is 0 Å². The third-order valence-corrected chi connectivity index (χ3v) is 4.64. The number of thiazole rings is 1. The van der Waals surface area contributed by atoms with Crippen molar-refractivity contribution in [3.05, 3.63) is 64.6 Å². The molecule has 9 nitrogen and oxygen atoms in total. The van der Waals surface area contributed by atoms with E-state index in [1.54, 1.807) is 12.3 Å². The standard InChI is InChI=1S/C17H13N7O2S/c1-10-6-7-18-13(8-10)22-15-14(24(25)26)16(20-9-19-15)23-17-21-11-4-2-3-5-12(11)27-17/h2-9H,1H3,(H2,18,19,20,21,22,23). The fraction of sp³-hybridized carbons (Fsp3) is 0.0588. The fourth-order valence-electron chi connectivity index (χ4n) is 2.49. The predicted octanol–water partition coefficient (Wildman–Crippen LogP) is 4.19. The first kappa shape index (κ1) is 16.8. The summed E-state index contributed by atoms with van der Waals surface area (Å²) >= 11 is 1.39. The predicted molar refractivity (Wildman–Crippen MR) is 104 cm³/mol. The minimum Gasteiger partial charge on any atom is -0.319 e. The lowest BCUT2D eigenvalue weighted by Crippen LogP contribution is -2.06. The van der Waals surface area contributed by atoms with Crippen molar-refractivity contribution in [1.82, 2.24) is 19.9 Å². The largest absolute Gasteiger partial charge is 0.354 e. The fourth-order valence-corrected chi connectivity index (χ4v) is 3.35. The lowest BCUT2D eigenvalue weighted by atomic mass is 10.3. The molecule has 3 heterocycles. The van der Waals surface area contributed by atoms with Gasteiger partial charge in [-0.05, 0) is 36.8 Å². The lowest BCUT2D eigenvalue weighted by molar-refractivity contribution is -0.383. The Kier molecular flexibility index (Phi) is 4.30. The number of rotatable bonds is 5. The summed E-state index contributed by atoms with van der Waals surface area (Å²) in [5.41, 5.74) is 1.50. The molecule has 27 heavy (non-hydrogen) atoms. The van der Waals surface area contributed by atoms with Gasteiger partial charge in [0.1, 0.15) is 12.1 Å². The number of nitrogens with one attached hydrogen (secondary N) is 2. The molecule has 0 saturated carbocycles. The van der Waals surface area contributed by atoms with E-state index in [1.165, 1.54) is 17.7 Å². The van der Waals surface area contributed by atoms with Gasteiger partial charge < -0.3 is 10.6 Å². The van der Waals surface area contributed by atoms with E-state index < -0.39 is 4.92 Å². The molecule has 0 fully saturated rings. The van der Waals surface area contributed by atoms with Gasteiger partial charge in [-0.3, -0.25) is 10.1 Å². The molecule has 0 aliphatic rings. The molecule has 0 amide bonds. The Morgan fingerprint density at radius 3 is 2.59 bits per heavy atom. The number of benzene rings is 1. The number of aryl methyl sites for hydroxylation is 1. The van der Waals surface area contributed by atoms with Crippen molar-refractivity contribution >= 4 is 49.8 Å². The molecular weight excluding hydrogens is 366 g/mol. The highest BCUT2D eigenvalue weighted by molar-refractivity contribution is 7.22. The Hall–Kier alpha value is -3.66. The van der Waals surface area contributed by atoms with Crippen molar-refractivity contribution in [1.29, 1.82) is 0 Å². The molecule has 3 aromatic heterocycles. The van der Waals surface area contributed by atoms with Crippen LogP contribution >= 0.6 is 11.3 Å². The number of para-hydroxylation sites is 1. The molecule has 4 rings (SSSR count). The molecule has 1 aromatic carbocycles. The third kappa shape index (κ3) is 3.51. The summed E-state index contributed by atoms with van der Waals surface area (Å²) in [6.07, 6.45) is 2.87. The van der Waals surface area contributed by atoms with Gasteiger partial charge >= 0.3 is 5.69 Å². The van der Waals surface area contributed by atoms with Crippen molar-refractivity contribution in [2.24, 2.45) is 0 Å². The van der Waals surface area contributed by atoms with Crippen LogP contribution in [0.3, 0.4) is 0 Å². The van der Waals surface area contributed by atoms with Gasteiger partial charge in [0, 0.05) is 6.20 Å². The van der Waals surface area contributed by atoms with Gasteiger partial charge in [-0.2, -0.15) is 0 Å². The number of hydrogen-bond acceptors (Lipinski definition) is 9. The van der Waals surface area contributed by atoms with E-state index in [-0.39, 0.29) is 17.3 Å². The number of nitrogens with zero attached hydrogens (tertiary/aromatic N) is 5. The summed E-state index contributed by atoms with van der Waals surface area (Å²) in [6, 6.07) is 11.2. The second kappa shape index (κ2) is 6.92. The van der Waals surface area contributed by atoms with E-state index in [4.69, 9.17) is 0 Å². The van der Waals surface area contributed by atoms with Crippen LogP contribution in [0.15, 0.2) is 48.9 Å². The average Bonchev–Trinajstić information content (AvgIpc) is 3.04. The minimum absolute atomic E-state index is 0.0525. The zero-order chi connectivity index (χ0) is 18.8. The molecule has 0 saturated heterocycles. The second-order valence-electron chi connectivity index (χ2n) is 5.63. The molecule has 134 valence electrons. The van der Waals surface area contributed by atoms with Crippen LogP contribution in [0.1, 0.15) is 5.56 Å². The maximum Gasteiger partial charge on any atom is 0.354 e. The first-order valence-corrected chi connectivity index (χ1v) is 8.73. The summed E-state index contributed by atoms with van der Waals surface area (Å²) in [7, 11) is 0. The van der Waals surface area contributed by atoms with Gasteiger partial charge in [0.25, 0.3) is 0 Å². The number of anilines is 4. The number of nitro groups is 1. The van der Waals surface area contributed by atoms with Crippen LogP contribution in [0.4, 0.5) is 28.3 Å². The van der Waals surface area contributed by atoms with Crippen LogP contribution in [-0.2, 0) is 0 Å². The molecule has 0 aliphatic carbocycles. The summed E-state index contributed by atoms with van der Waals surface area (Å²) in [6.45, 7) is 1.90. The molecule has 0 radical (unpaired) electrons. The average molecular weight is 379 g/mol. The molecule has 10 heteroatoms. The first-order chi connectivity index (χ1) is 13.1. The summed E-state index contributed by atoms with van der Waals surface area (Å²) in [5.74, 6) is 0.573. The van der Waals surface area contributed by atoms with E-state index in [9.17, 15) is 10.1 Å². The third-order valence-electron chi connectivity index (χ3n) is 3.69. The topological polar surface area (TPSA) is 119 Å². The van der Waals surface area contributed by atoms with Crippen LogP contribution < -0.4 is 10.6 Å². The minimum atomic E-state index is -0.534. The van der Waals surface area contributed by atoms with Crippen molar-refractivity contribution in [2.45, 2.75) is 6.92 Å². The monoisotopic (exact) mass is 379 g/mol. The Morgan fingerprint density at radius 2 is 1.85 bits per heavy atom. The second-order valence-corrected chi connectivity index (χ2v) is 6.66. The van der Waals surface area contributed by atoms with Crippen LogP contribution in [-0.4, -0.2) is 24.9 Å². The highest BCUT2D eigenvalue weighted by Crippen LogP contribution is 2.34. The number of fused-ring (bicyclic) bond motifs is 1. The van der Waals surface area contributed by atoms with E-state index >= 15 is 0 Å². The SMILES string of the molecule is Cc1ccnc(Nc2ncnc(Nc3nc4ccccc4s3)c2[N+](=O)[O-])c1. The van der Waals surface area contributed by atoms with Gasteiger partial charge in [-0.15, -0.1) is 0 Å². The van der Waals surface area contributed by atoms with Crippen molar-refractivity contribution < 1.29 is 4.92 Å². The zero-order valence-electron chi connectivity index (χ0n) is 14.1. The van der Waals surface area contributed by atoms with Gasteiger partial charge in [0.05, 0.1) is 15.1 Å². The first-order valence-electron chi connectivity index (χ1n) is 7.92. The molecule has 0 unspecified atom stereocenters. The molecule has 0 aliphatic heterocycles. The Bertz CT molecular complexity index is 1110. The van der Waals surface area contributed by atoms with Gasteiger partial charge in [0.15, 0.2) is 5.13 Å². The summed E-state index contributed by atoms with van der Waals surface area (Å²) < 4.78 is 0.971. The molecule has 0 spiro atoms. The Labute approximate surface area is 157 Å². The smallest absolute Gasteiger partial charge is 0.319 e. The molecule has 4 aromatic rings. The Morgan fingerprint density at radius 1 is 1.07 bits per heavy atom. The van der Waals surface area contributed by atoms with Gasteiger partial charge in [0.2, 0.25) is 11.6 Å². The van der Waals surface area contributed by atoms with Gasteiger partial charge in [-0.1, -0.05) is 23.5 Å². The summed E-state index contributed by atoms with van der Waals surface area (Å²) in [5, 5.41) is 18.0. The van der Waals surface area contributed by atoms with Crippen LogP contribution in [0.25, 0.3) is 10.2 Å². The number of aromatic nitrogens is 4. The van der Waals surface area contributed by atoms with E-state index in [2.05, 4.69) is 30.6 Å². The van der Waals surface area contributed by atoms with Gasteiger partial charge in [-0.25, -0.2) is 19.9 Å². The summed E-state index contributed by atoms with van der Waals surface area (Å²) in [4.78, 5) is 27.8. The maximum atomic E-state index is 11.7. The highest BCUT2D eigenvalue weighted by Gasteiger charge is 2.24. The van der Waals surface area contributed by atoms with E-state index in [0.717, 1.165) is 15.8 Å². The van der Waals surface area contributed by atoms with Crippen molar-refractivity contribution in [2.75, 3.05) is 10.6 Å². The molecule has 2 N–H and O–H groups in total. The number of pyridine rings is 1. The molecule has 0 atom stereocenters. The van der Waals surface area contributed by atoms with Crippen LogP contribution in [0.5, 0.6) is 0 Å². The molecular formula is C17H13N7O2S. The highest BCUT2D eigenvalue weighted by atomic mass is 32.1. The zero-order valence-corrected chi connectivity index (χ0v) is 14.9. The van der Waals surface area contributed by atoms with Crippen molar-refractivity contribution in [3.8, 4) is 0 Å². The number of hydrogen-bond donors (Lipinski definition) is 2. The maximum absolute atomic E-state index is 11.7. The van der Waals surface area contributed by atoms with E-state index in [1.807, 2.05) is 37.3 Å².